The molecule has 0 atom stereocenters. The van der Waals surface area contributed by atoms with Crippen LogP contribution in [0.3, 0.4) is 0 Å². The number of hydrogen-bond acceptors (Lipinski definition) is 4. The van der Waals surface area contributed by atoms with E-state index >= 15 is 0 Å². The molecule has 2 N–H and O–H groups in total. The molecule has 0 spiro atoms. The van der Waals surface area contributed by atoms with Crippen molar-refractivity contribution in [3.63, 3.8) is 0 Å². The molecule has 0 radical (unpaired) electrons. The fourth-order valence-corrected chi connectivity index (χ4v) is 2.03. The maximum Gasteiger partial charge on any atom is 0.219 e. The van der Waals surface area contributed by atoms with Crippen LogP contribution in [0, 0.1) is 0 Å². The van der Waals surface area contributed by atoms with Crippen LogP contribution < -0.4 is 10.5 Å². The van der Waals surface area contributed by atoms with Gasteiger partial charge in [0.05, 0.1) is 11.9 Å². The average Bonchev–Trinajstić information content (AvgIpc) is 2.37. The van der Waals surface area contributed by atoms with E-state index in [1.165, 1.54) is 0 Å². The van der Waals surface area contributed by atoms with Gasteiger partial charge in [-0.1, -0.05) is 20.8 Å². The quantitative estimate of drug-likeness (QED) is 0.926. The Hall–Kier alpha value is -1.46. The third kappa shape index (κ3) is 3.77. The van der Waals surface area contributed by atoms with Gasteiger partial charge in [-0.2, -0.15) is 0 Å². The smallest absolute Gasteiger partial charge is 0.219 e. The van der Waals surface area contributed by atoms with Crippen molar-refractivity contribution in [1.29, 1.82) is 0 Å². The van der Waals surface area contributed by atoms with E-state index in [2.05, 4.69) is 46.7 Å². The predicted octanol–water partition coefficient (Wildman–Crippen LogP) is 3.79. The van der Waals surface area contributed by atoms with E-state index in [0.717, 1.165) is 15.7 Å². The lowest BCUT2D eigenvalue weighted by atomic mass is 9.91. The van der Waals surface area contributed by atoms with Crippen molar-refractivity contribution in [2.24, 2.45) is 5.73 Å². The number of nitrogens with zero attached hydrogens (tertiary/aromatic N) is 2. The van der Waals surface area contributed by atoms with Gasteiger partial charge in [0.2, 0.25) is 5.88 Å². The van der Waals surface area contributed by atoms with Gasteiger partial charge in [0, 0.05) is 28.7 Å². The number of ether oxygens (including phenoxy) is 1. The van der Waals surface area contributed by atoms with Crippen LogP contribution in [0.4, 0.5) is 0 Å². The third-order valence-electron chi connectivity index (χ3n) is 2.77. The summed E-state index contributed by atoms with van der Waals surface area (Å²) in [6.07, 6.45) is 3.36. The van der Waals surface area contributed by atoms with Crippen molar-refractivity contribution in [1.82, 2.24) is 9.97 Å². The first-order valence-corrected chi connectivity index (χ1v) is 7.18. The van der Waals surface area contributed by atoms with Gasteiger partial charge in [-0.3, -0.25) is 4.98 Å². The van der Waals surface area contributed by atoms with E-state index in [1.807, 2.05) is 18.2 Å². The van der Waals surface area contributed by atoms with Gasteiger partial charge in [-0.15, -0.1) is 0 Å². The molecule has 0 unspecified atom stereocenters. The average molecular weight is 336 g/mol. The maximum absolute atomic E-state index is 5.78. The summed E-state index contributed by atoms with van der Waals surface area (Å²) >= 11 is 3.37. The molecule has 0 amide bonds. The molecule has 20 heavy (non-hydrogen) atoms. The Bertz CT molecular complexity index is 608. The zero-order valence-corrected chi connectivity index (χ0v) is 13.4. The summed E-state index contributed by atoms with van der Waals surface area (Å²) in [5, 5.41) is 0. The summed E-state index contributed by atoms with van der Waals surface area (Å²) in [6, 6.07) is 5.72. The first-order chi connectivity index (χ1) is 9.38. The number of nitrogens with two attached hydrogens (primary N) is 1. The van der Waals surface area contributed by atoms with Crippen LogP contribution in [0.1, 0.15) is 32.0 Å². The topological polar surface area (TPSA) is 61.0 Å². The Morgan fingerprint density at radius 3 is 2.55 bits per heavy atom. The molecule has 106 valence electrons. The molecule has 0 aliphatic carbocycles. The molecule has 2 heterocycles. The second-order valence-corrected chi connectivity index (χ2v) is 6.51. The van der Waals surface area contributed by atoms with Gasteiger partial charge in [0.25, 0.3) is 0 Å². The Kier molecular flexibility index (Phi) is 4.40. The lowest BCUT2D eigenvalue weighted by molar-refractivity contribution is 0.448. The van der Waals surface area contributed by atoms with Crippen molar-refractivity contribution in [2.45, 2.75) is 32.7 Å². The zero-order valence-electron chi connectivity index (χ0n) is 11.9. The first-order valence-electron chi connectivity index (χ1n) is 6.38. The van der Waals surface area contributed by atoms with Crippen LogP contribution in [0.5, 0.6) is 11.6 Å². The highest BCUT2D eigenvalue weighted by molar-refractivity contribution is 9.10. The highest BCUT2D eigenvalue weighted by atomic mass is 79.9. The van der Waals surface area contributed by atoms with Crippen LogP contribution in [-0.2, 0) is 12.0 Å². The van der Waals surface area contributed by atoms with Gasteiger partial charge in [-0.05, 0) is 33.6 Å². The fourth-order valence-electron chi connectivity index (χ4n) is 1.68. The van der Waals surface area contributed by atoms with Crippen molar-refractivity contribution in [3.8, 4) is 11.6 Å². The molecule has 0 saturated heterocycles. The lowest BCUT2D eigenvalue weighted by Gasteiger charge is -2.19. The SMILES string of the molecule is CC(C)(C)c1cc(CN)cc(Oc2cncc(Br)c2)n1. The number of hydrogen-bond donors (Lipinski definition) is 1. The fraction of sp³-hybridized carbons (Fsp3) is 0.333. The van der Waals surface area contributed by atoms with Crippen molar-refractivity contribution in [3.05, 3.63) is 46.3 Å². The van der Waals surface area contributed by atoms with Crippen LogP contribution >= 0.6 is 15.9 Å². The summed E-state index contributed by atoms with van der Waals surface area (Å²) in [4.78, 5) is 8.63. The van der Waals surface area contributed by atoms with Gasteiger partial charge in [0.1, 0.15) is 5.75 Å². The van der Waals surface area contributed by atoms with E-state index in [9.17, 15) is 0 Å². The van der Waals surface area contributed by atoms with E-state index in [1.54, 1.807) is 12.4 Å². The summed E-state index contributed by atoms with van der Waals surface area (Å²) in [6.45, 7) is 6.79. The minimum Gasteiger partial charge on any atom is -0.437 e. The Balaban J connectivity index is 2.36. The Morgan fingerprint density at radius 2 is 1.95 bits per heavy atom. The van der Waals surface area contributed by atoms with Gasteiger partial charge in [0.15, 0.2) is 0 Å². The summed E-state index contributed by atoms with van der Waals surface area (Å²) in [5.74, 6) is 1.18. The van der Waals surface area contributed by atoms with Gasteiger partial charge in [-0.25, -0.2) is 4.98 Å². The van der Waals surface area contributed by atoms with Crippen molar-refractivity contribution >= 4 is 15.9 Å². The molecular formula is C15H18BrN3O. The molecule has 0 aliphatic rings. The van der Waals surface area contributed by atoms with E-state index < -0.39 is 0 Å². The number of pyridine rings is 2. The molecule has 2 aromatic heterocycles. The Morgan fingerprint density at radius 1 is 1.20 bits per heavy atom. The van der Waals surface area contributed by atoms with Crippen molar-refractivity contribution in [2.75, 3.05) is 0 Å². The third-order valence-corrected chi connectivity index (χ3v) is 3.20. The monoisotopic (exact) mass is 335 g/mol. The second kappa shape index (κ2) is 5.89. The van der Waals surface area contributed by atoms with Crippen LogP contribution in [0.25, 0.3) is 0 Å². The molecule has 2 rings (SSSR count). The normalized spacial score (nSPS) is 11.4. The van der Waals surface area contributed by atoms with E-state index in [4.69, 9.17) is 10.5 Å². The molecule has 0 aromatic carbocycles. The largest absolute Gasteiger partial charge is 0.437 e. The molecular weight excluding hydrogens is 318 g/mol. The highest BCUT2D eigenvalue weighted by Crippen LogP contribution is 2.27. The van der Waals surface area contributed by atoms with Crippen LogP contribution in [-0.4, -0.2) is 9.97 Å². The van der Waals surface area contributed by atoms with Crippen LogP contribution in [0.15, 0.2) is 35.1 Å². The molecule has 4 nitrogen and oxygen atoms in total. The first kappa shape index (κ1) is 14.9. The molecule has 5 heteroatoms. The minimum absolute atomic E-state index is 0.0567. The summed E-state index contributed by atoms with van der Waals surface area (Å²) in [5.41, 5.74) is 7.65. The minimum atomic E-state index is -0.0567. The van der Waals surface area contributed by atoms with Crippen LogP contribution in [0.2, 0.25) is 0 Å². The van der Waals surface area contributed by atoms with Gasteiger partial charge >= 0.3 is 0 Å². The summed E-state index contributed by atoms with van der Waals surface area (Å²) in [7, 11) is 0. The molecule has 0 saturated carbocycles. The molecule has 2 aromatic rings. The highest BCUT2D eigenvalue weighted by Gasteiger charge is 2.17. The molecule has 0 bridgehead atoms. The van der Waals surface area contributed by atoms with E-state index in [-0.39, 0.29) is 5.41 Å². The number of aromatic nitrogens is 2. The lowest BCUT2D eigenvalue weighted by Crippen LogP contribution is -2.15. The van der Waals surface area contributed by atoms with E-state index in [0.29, 0.717) is 18.2 Å². The second-order valence-electron chi connectivity index (χ2n) is 5.59. The zero-order chi connectivity index (χ0) is 14.8. The number of halogens is 1. The Labute approximate surface area is 127 Å². The van der Waals surface area contributed by atoms with Gasteiger partial charge < -0.3 is 10.5 Å². The van der Waals surface area contributed by atoms with Crippen molar-refractivity contribution < 1.29 is 4.74 Å². The predicted molar refractivity (Wildman–Crippen MR) is 82.8 cm³/mol. The number of rotatable bonds is 3. The molecule has 0 aliphatic heterocycles. The summed E-state index contributed by atoms with van der Waals surface area (Å²) < 4.78 is 6.64. The molecule has 0 fully saturated rings. The standard InChI is InChI=1S/C15H18BrN3O/c1-15(2,3)13-4-10(7-17)5-14(19-13)20-12-6-11(16)8-18-9-12/h4-6,8-9H,7,17H2,1-3H3. The maximum atomic E-state index is 5.78.